The highest BCUT2D eigenvalue weighted by molar-refractivity contribution is 9.10. The Bertz CT molecular complexity index is 1140. The zero-order valence-electron chi connectivity index (χ0n) is 17.2. The van der Waals surface area contributed by atoms with E-state index in [1.165, 1.54) is 0 Å². The van der Waals surface area contributed by atoms with Crippen LogP contribution in [0.5, 0.6) is 11.5 Å². The molecule has 1 amide bonds. The average Bonchev–Trinajstić information content (AvgIpc) is 3.04. The molecular formula is C25H22BrNO4. The Morgan fingerprint density at radius 1 is 0.935 bits per heavy atom. The molecule has 1 atom stereocenters. The number of hydrogen-bond acceptors (Lipinski definition) is 4. The highest BCUT2D eigenvalue weighted by Gasteiger charge is 2.41. The van der Waals surface area contributed by atoms with Crippen LogP contribution in [0.3, 0.4) is 0 Å². The first-order chi connectivity index (χ1) is 15.0. The van der Waals surface area contributed by atoms with Gasteiger partial charge in [0.1, 0.15) is 11.5 Å². The molecular weight excluding hydrogens is 458 g/mol. The summed E-state index contributed by atoms with van der Waals surface area (Å²) < 4.78 is 11.4. The first-order valence-electron chi connectivity index (χ1n) is 9.79. The van der Waals surface area contributed by atoms with Gasteiger partial charge in [0, 0.05) is 16.6 Å². The first kappa shape index (κ1) is 21.0. The number of benzene rings is 3. The molecule has 5 nitrogen and oxygen atoms in total. The molecule has 4 rings (SSSR count). The Hall–Kier alpha value is -3.25. The van der Waals surface area contributed by atoms with Crippen LogP contribution in [0.4, 0.5) is 0 Å². The maximum atomic E-state index is 13.2. The standard InChI is InChI=1S/C25H22BrNO4/c1-30-18-12-10-17(11-13-18)22-23(20-8-3-4-9-21(20)26)27(25(29)24(22)28)15-16-6-5-7-19(14-16)31-2/h3-14,23,28H,15H2,1-2H3. The summed E-state index contributed by atoms with van der Waals surface area (Å²) in [5, 5.41) is 10.9. The van der Waals surface area contributed by atoms with Crippen molar-refractivity contribution in [1.82, 2.24) is 4.90 Å². The fraction of sp³-hybridized carbons (Fsp3) is 0.160. The molecule has 0 aliphatic carbocycles. The molecule has 0 aromatic heterocycles. The Morgan fingerprint density at radius 2 is 1.65 bits per heavy atom. The molecule has 0 fully saturated rings. The van der Waals surface area contributed by atoms with Crippen LogP contribution in [0.1, 0.15) is 22.7 Å². The summed E-state index contributed by atoms with van der Waals surface area (Å²) in [6.45, 7) is 0.325. The van der Waals surface area contributed by atoms with Crippen molar-refractivity contribution in [2.24, 2.45) is 0 Å². The number of halogens is 1. The van der Waals surface area contributed by atoms with Crippen LogP contribution in [0.2, 0.25) is 0 Å². The number of aliphatic hydroxyl groups excluding tert-OH is 1. The molecule has 1 aliphatic heterocycles. The van der Waals surface area contributed by atoms with Gasteiger partial charge in [-0.1, -0.05) is 58.4 Å². The number of amides is 1. The molecule has 3 aromatic rings. The molecule has 6 heteroatoms. The molecule has 1 heterocycles. The minimum atomic E-state index is -0.456. The van der Waals surface area contributed by atoms with Gasteiger partial charge in [-0.3, -0.25) is 4.79 Å². The van der Waals surface area contributed by atoms with Crippen molar-refractivity contribution in [1.29, 1.82) is 0 Å². The summed E-state index contributed by atoms with van der Waals surface area (Å²) in [6, 6.07) is 22.2. The van der Waals surface area contributed by atoms with E-state index < -0.39 is 11.9 Å². The smallest absolute Gasteiger partial charge is 0.290 e. The quantitative estimate of drug-likeness (QED) is 0.505. The maximum Gasteiger partial charge on any atom is 0.290 e. The topological polar surface area (TPSA) is 59.0 Å². The summed E-state index contributed by atoms with van der Waals surface area (Å²) in [7, 11) is 3.21. The van der Waals surface area contributed by atoms with Gasteiger partial charge in [0.15, 0.2) is 5.76 Å². The van der Waals surface area contributed by atoms with Crippen molar-refractivity contribution in [2.75, 3.05) is 14.2 Å². The predicted octanol–water partition coefficient (Wildman–Crippen LogP) is 5.52. The van der Waals surface area contributed by atoms with Crippen LogP contribution in [-0.2, 0) is 11.3 Å². The Labute approximate surface area is 189 Å². The third-order valence-electron chi connectivity index (χ3n) is 5.39. The van der Waals surface area contributed by atoms with E-state index in [0.29, 0.717) is 23.6 Å². The maximum absolute atomic E-state index is 13.2. The molecule has 3 aromatic carbocycles. The molecule has 158 valence electrons. The van der Waals surface area contributed by atoms with Crippen molar-refractivity contribution in [3.63, 3.8) is 0 Å². The number of rotatable bonds is 6. The summed E-state index contributed by atoms with van der Waals surface area (Å²) in [5.41, 5.74) is 3.14. The zero-order chi connectivity index (χ0) is 22.0. The van der Waals surface area contributed by atoms with Crippen LogP contribution < -0.4 is 9.47 Å². The molecule has 1 unspecified atom stereocenters. The van der Waals surface area contributed by atoms with Crippen molar-refractivity contribution >= 4 is 27.4 Å². The molecule has 31 heavy (non-hydrogen) atoms. The van der Waals surface area contributed by atoms with E-state index in [1.54, 1.807) is 19.1 Å². The van der Waals surface area contributed by atoms with Crippen LogP contribution in [0, 0.1) is 0 Å². The molecule has 0 saturated heterocycles. The number of hydrogen-bond donors (Lipinski definition) is 1. The van der Waals surface area contributed by atoms with E-state index in [-0.39, 0.29) is 5.76 Å². The summed E-state index contributed by atoms with van der Waals surface area (Å²) in [6.07, 6.45) is 0. The van der Waals surface area contributed by atoms with E-state index in [4.69, 9.17) is 9.47 Å². The highest BCUT2D eigenvalue weighted by Crippen LogP contribution is 2.46. The first-order valence-corrected chi connectivity index (χ1v) is 10.6. The Balaban J connectivity index is 1.81. The lowest BCUT2D eigenvalue weighted by molar-refractivity contribution is -0.130. The molecule has 1 N–H and O–H groups in total. The van der Waals surface area contributed by atoms with Crippen LogP contribution >= 0.6 is 15.9 Å². The van der Waals surface area contributed by atoms with Crippen LogP contribution in [-0.4, -0.2) is 30.1 Å². The lowest BCUT2D eigenvalue weighted by atomic mass is 9.93. The van der Waals surface area contributed by atoms with Gasteiger partial charge in [0.25, 0.3) is 5.91 Å². The van der Waals surface area contributed by atoms with Gasteiger partial charge in [-0.25, -0.2) is 0 Å². The highest BCUT2D eigenvalue weighted by atomic mass is 79.9. The lowest BCUT2D eigenvalue weighted by Gasteiger charge is -2.28. The third kappa shape index (κ3) is 4.03. The summed E-state index contributed by atoms with van der Waals surface area (Å²) in [4.78, 5) is 14.9. The number of carbonyl (C=O) groups excluding carboxylic acids is 1. The largest absolute Gasteiger partial charge is 0.503 e. The van der Waals surface area contributed by atoms with E-state index >= 15 is 0 Å². The summed E-state index contributed by atoms with van der Waals surface area (Å²) in [5.74, 6) is 0.774. The monoisotopic (exact) mass is 479 g/mol. The second-order valence-corrected chi connectivity index (χ2v) is 8.05. The van der Waals surface area contributed by atoms with E-state index in [0.717, 1.165) is 21.2 Å². The van der Waals surface area contributed by atoms with Gasteiger partial charge in [-0.05, 0) is 47.0 Å². The SMILES string of the molecule is COc1ccc(C2=C(O)C(=O)N(Cc3cccc(OC)c3)C2c2ccccc2Br)cc1. The van der Waals surface area contributed by atoms with Gasteiger partial charge in [-0.2, -0.15) is 0 Å². The Morgan fingerprint density at radius 3 is 2.32 bits per heavy atom. The summed E-state index contributed by atoms with van der Waals surface area (Å²) >= 11 is 3.62. The predicted molar refractivity (Wildman–Crippen MR) is 123 cm³/mol. The average molecular weight is 480 g/mol. The second-order valence-electron chi connectivity index (χ2n) is 7.20. The van der Waals surface area contributed by atoms with Gasteiger partial charge >= 0.3 is 0 Å². The minimum Gasteiger partial charge on any atom is -0.503 e. The van der Waals surface area contributed by atoms with Crippen molar-refractivity contribution < 1.29 is 19.4 Å². The normalized spacial score (nSPS) is 16.0. The molecule has 0 radical (unpaired) electrons. The molecule has 0 bridgehead atoms. The number of methoxy groups -OCH3 is 2. The second kappa shape index (κ2) is 8.86. The minimum absolute atomic E-state index is 0.242. The third-order valence-corrected chi connectivity index (χ3v) is 6.11. The van der Waals surface area contributed by atoms with Crippen molar-refractivity contribution in [3.8, 4) is 11.5 Å². The zero-order valence-corrected chi connectivity index (χ0v) is 18.8. The number of ether oxygens (including phenoxy) is 2. The fourth-order valence-corrected chi connectivity index (χ4v) is 4.37. The van der Waals surface area contributed by atoms with Gasteiger partial charge in [0.2, 0.25) is 0 Å². The van der Waals surface area contributed by atoms with Gasteiger partial charge < -0.3 is 19.5 Å². The Kier molecular flexibility index (Phi) is 6.00. The van der Waals surface area contributed by atoms with Gasteiger partial charge in [-0.15, -0.1) is 0 Å². The van der Waals surface area contributed by atoms with Crippen LogP contribution in [0.15, 0.2) is 83.0 Å². The van der Waals surface area contributed by atoms with Crippen molar-refractivity contribution in [2.45, 2.75) is 12.6 Å². The van der Waals surface area contributed by atoms with Gasteiger partial charge in [0.05, 0.1) is 20.3 Å². The lowest BCUT2D eigenvalue weighted by Crippen LogP contribution is -2.30. The number of aliphatic hydroxyl groups is 1. The van der Waals surface area contributed by atoms with E-state index in [9.17, 15) is 9.90 Å². The van der Waals surface area contributed by atoms with E-state index in [1.807, 2.05) is 72.8 Å². The number of carbonyl (C=O) groups is 1. The van der Waals surface area contributed by atoms with Crippen LogP contribution in [0.25, 0.3) is 5.57 Å². The van der Waals surface area contributed by atoms with Crippen molar-refractivity contribution in [3.05, 3.63) is 99.7 Å². The number of nitrogens with zero attached hydrogens (tertiary/aromatic N) is 1. The fourth-order valence-electron chi connectivity index (χ4n) is 3.87. The molecule has 0 saturated carbocycles. The van der Waals surface area contributed by atoms with E-state index in [2.05, 4.69) is 15.9 Å². The molecule has 0 spiro atoms. The molecule has 1 aliphatic rings.